The second-order valence-corrected chi connectivity index (χ2v) is 8.17. The van der Waals surface area contributed by atoms with Gasteiger partial charge in [0.15, 0.2) is 5.82 Å². The lowest BCUT2D eigenvalue weighted by atomic mass is 9.75. The summed E-state index contributed by atoms with van der Waals surface area (Å²) in [6, 6.07) is 12.1. The summed E-state index contributed by atoms with van der Waals surface area (Å²) in [5.74, 6) is 1.02. The van der Waals surface area contributed by atoms with Crippen molar-refractivity contribution in [1.82, 2.24) is 15.1 Å². The molecule has 0 radical (unpaired) electrons. The molecule has 2 aromatic rings. The monoisotopic (exact) mass is 380 g/mol. The molecule has 148 valence electrons. The summed E-state index contributed by atoms with van der Waals surface area (Å²) in [5.41, 5.74) is 2.22. The molecule has 2 fully saturated rings. The molecule has 1 aromatic carbocycles. The van der Waals surface area contributed by atoms with Gasteiger partial charge in [-0.15, -0.1) is 5.10 Å². The number of rotatable bonds is 4. The molecule has 4 rings (SSSR count). The molecule has 6 nitrogen and oxygen atoms in total. The van der Waals surface area contributed by atoms with Crippen LogP contribution in [0.5, 0.6) is 0 Å². The van der Waals surface area contributed by atoms with Crippen molar-refractivity contribution in [2.45, 2.75) is 51.2 Å². The molecule has 0 spiro atoms. The van der Waals surface area contributed by atoms with Crippen molar-refractivity contribution < 1.29 is 9.90 Å². The molecule has 28 heavy (non-hydrogen) atoms. The van der Waals surface area contributed by atoms with Crippen LogP contribution < -0.4 is 4.90 Å². The van der Waals surface area contributed by atoms with Crippen molar-refractivity contribution in [3.63, 3.8) is 0 Å². The van der Waals surface area contributed by atoms with Gasteiger partial charge in [-0.3, -0.25) is 4.79 Å². The van der Waals surface area contributed by atoms with Crippen LogP contribution in [0.2, 0.25) is 0 Å². The molecular formula is C22H28N4O2. The number of anilines is 1. The van der Waals surface area contributed by atoms with Crippen LogP contribution in [0.1, 0.15) is 43.0 Å². The highest BCUT2D eigenvalue weighted by atomic mass is 16.3. The summed E-state index contributed by atoms with van der Waals surface area (Å²) >= 11 is 0. The number of carbonyl (C=O) groups excluding carboxylic acids is 1. The van der Waals surface area contributed by atoms with Gasteiger partial charge in [-0.1, -0.05) is 24.3 Å². The van der Waals surface area contributed by atoms with Gasteiger partial charge >= 0.3 is 0 Å². The molecule has 0 bridgehead atoms. The first kappa shape index (κ1) is 18.9. The summed E-state index contributed by atoms with van der Waals surface area (Å²) in [6.07, 6.45) is 3.14. The van der Waals surface area contributed by atoms with Crippen molar-refractivity contribution in [3.8, 4) is 0 Å². The van der Waals surface area contributed by atoms with Crippen LogP contribution in [-0.4, -0.2) is 51.8 Å². The SMILES string of the molecule is Cc1ccc(N2CCN(C(=O)Cc3ccc(C4(O)CCC4)cc3)C[C@H]2C)nn1. The molecule has 1 aromatic heterocycles. The first-order valence-corrected chi connectivity index (χ1v) is 10.1. The number of amides is 1. The van der Waals surface area contributed by atoms with Crippen molar-refractivity contribution >= 4 is 11.7 Å². The number of hydrogen-bond acceptors (Lipinski definition) is 5. The molecule has 1 amide bonds. The third kappa shape index (κ3) is 3.74. The first-order chi connectivity index (χ1) is 13.4. The van der Waals surface area contributed by atoms with E-state index in [4.69, 9.17) is 0 Å². The van der Waals surface area contributed by atoms with E-state index < -0.39 is 5.60 Å². The molecule has 1 saturated heterocycles. The number of aromatic nitrogens is 2. The van der Waals surface area contributed by atoms with Gasteiger partial charge in [0.25, 0.3) is 0 Å². The normalized spacial score (nSPS) is 21.3. The fourth-order valence-electron chi connectivity index (χ4n) is 4.09. The Hall–Kier alpha value is -2.47. The molecule has 2 heterocycles. The van der Waals surface area contributed by atoms with Gasteiger partial charge in [0.2, 0.25) is 5.91 Å². The molecule has 1 atom stereocenters. The maximum atomic E-state index is 12.8. The van der Waals surface area contributed by atoms with E-state index in [1.807, 2.05) is 48.2 Å². The van der Waals surface area contributed by atoms with Gasteiger partial charge in [0.05, 0.1) is 17.7 Å². The fourth-order valence-corrected chi connectivity index (χ4v) is 4.09. The number of piperazine rings is 1. The van der Waals surface area contributed by atoms with E-state index in [1.165, 1.54) is 0 Å². The van der Waals surface area contributed by atoms with E-state index in [9.17, 15) is 9.90 Å². The Kier molecular flexibility index (Phi) is 5.06. The highest BCUT2D eigenvalue weighted by Crippen LogP contribution is 2.40. The number of benzene rings is 1. The number of hydrogen-bond donors (Lipinski definition) is 1. The number of aliphatic hydroxyl groups is 1. The second kappa shape index (κ2) is 7.51. The second-order valence-electron chi connectivity index (χ2n) is 8.17. The van der Waals surface area contributed by atoms with Crippen LogP contribution >= 0.6 is 0 Å². The van der Waals surface area contributed by atoms with Crippen LogP contribution in [0, 0.1) is 6.92 Å². The Morgan fingerprint density at radius 3 is 2.46 bits per heavy atom. The van der Waals surface area contributed by atoms with Crippen LogP contribution in [-0.2, 0) is 16.8 Å². The van der Waals surface area contributed by atoms with E-state index in [0.29, 0.717) is 19.5 Å². The molecule has 1 saturated carbocycles. The standard InChI is InChI=1S/C22H28N4O2/c1-16-4-9-20(24-23-16)26-13-12-25(15-17(26)2)21(27)14-18-5-7-19(8-6-18)22(28)10-3-11-22/h4-9,17,28H,3,10-15H2,1-2H3/t17-/m1/s1. The van der Waals surface area contributed by atoms with E-state index in [2.05, 4.69) is 22.0 Å². The Bertz CT molecular complexity index is 831. The molecule has 1 aliphatic heterocycles. The summed E-state index contributed by atoms with van der Waals surface area (Å²) in [6.45, 7) is 6.18. The minimum absolute atomic E-state index is 0.150. The summed E-state index contributed by atoms with van der Waals surface area (Å²) in [7, 11) is 0. The maximum Gasteiger partial charge on any atom is 0.227 e. The quantitative estimate of drug-likeness (QED) is 0.882. The van der Waals surface area contributed by atoms with Gasteiger partial charge < -0.3 is 14.9 Å². The minimum Gasteiger partial charge on any atom is -0.385 e. The molecule has 2 aliphatic rings. The summed E-state index contributed by atoms with van der Waals surface area (Å²) < 4.78 is 0. The fraction of sp³-hybridized carbons (Fsp3) is 0.500. The summed E-state index contributed by atoms with van der Waals surface area (Å²) in [4.78, 5) is 16.9. The molecule has 0 unspecified atom stereocenters. The Morgan fingerprint density at radius 2 is 1.89 bits per heavy atom. The third-order valence-electron chi connectivity index (χ3n) is 6.09. The third-order valence-corrected chi connectivity index (χ3v) is 6.09. The Balaban J connectivity index is 1.35. The average Bonchev–Trinajstić information content (AvgIpc) is 2.67. The maximum absolute atomic E-state index is 12.8. The van der Waals surface area contributed by atoms with Gasteiger partial charge in [-0.05, 0) is 56.4 Å². The predicted molar refractivity (Wildman–Crippen MR) is 108 cm³/mol. The molecule has 1 aliphatic carbocycles. The summed E-state index contributed by atoms with van der Waals surface area (Å²) in [5, 5.41) is 18.9. The number of aryl methyl sites for hydroxylation is 1. The zero-order chi connectivity index (χ0) is 19.7. The van der Waals surface area contributed by atoms with E-state index >= 15 is 0 Å². The lowest BCUT2D eigenvalue weighted by Gasteiger charge is -2.40. The van der Waals surface area contributed by atoms with E-state index in [1.54, 1.807) is 0 Å². The van der Waals surface area contributed by atoms with Crippen LogP contribution in [0.4, 0.5) is 5.82 Å². The Morgan fingerprint density at radius 1 is 1.14 bits per heavy atom. The predicted octanol–water partition coefficient (Wildman–Crippen LogP) is 2.44. The van der Waals surface area contributed by atoms with Crippen LogP contribution in [0.25, 0.3) is 0 Å². The Labute approximate surface area is 166 Å². The highest BCUT2D eigenvalue weighted by molar-refractivity contribution is 5.79. The van der Waals surface area contributed by atoms with Crippen molar-refractivity contribution in [3.05, 3.63) is 53.2 Å². The van der Waals surface area contributed by atoms with Gasteiger partial charge in [-0.2, -0.15) is 5.10 Å². The number of nitrogens with zero attached hydrogens (tertiary/aromatic N) is 4. The van der Waals surface area contributed by atoms with Crippen LogP contribution in [0.3, 0.4) is 0 Å². The zero-order valence-electron chi connectivity index (χ0n) is 16.6. The topological polar surface area (TPSA) is 69.6 Å². The smallest absolute Gasteiger partial charge is 0.227 e. The highest BCUT2D eigenvalue weighted by Gasteiger charge is 2.36. The molecular weight excluding hydrogens is 352 g/mol. The van der Waals surface area contributed by atoms with Crippen molar-refractivity contribution in [2.24, 2.45) is 0 Å². The van der Waals surface area contributed by atoms with Gasteiger partial charge in [0, 0.05) is 25.7 Å². The van der Waals surface area contributed by atoms with Crippen molar-refractivity contribution in [2.75, 3.05) is 24.5 Å². The lowest BCUT2D eigenvalue weighted by molar-refractivity contribution is -0.131. The molecule has 1 N–H and O–H groups in total. The minimum atomic E-state index is -0.646. The van der Waals surface area contributed by atoms with Crippen LogP contribution in [0.15, 0.2) is 36.4 Å². The van der Waals surface area contributed by atoms with Crippen molar-refractivity contribution in [1.29, 1.82) is 0 Å². The lowest BCUT2D eigenvalue weighted by Crippen LogP contribution is -2.54. The number of carbonyl (C=O) groups is 1. The van der Waals surface area contributed by atoms with Gasteiger partial charge in [-0.25, -0.2) is 0 Å². The van der Waals surface area contributed by atoms with Gasteiger partial charge in [0.1, 0.15) is 0 Å². The van der Waals surface area contributed by atoms with E-state index in [0.717, 1.165) is 48.4 Å². The van der Waals surface area contributed by atoms with E-state index in [-0.39, 0.29) is 11.9 Å². The first-order valence-electron chi connectivity index (χ1n) is 10.1. The molecule has 6 heteroatoms. The largest absolute Gasteiger partial charge is 0.385 e. The average molecular weight is 380 g/mol. The zero-order valence-corrected chi connectivity index (χ0v) is 16.6.